The number of rotatable bonds is 0. The Bertz CT molecular complexity index is 128. The van der Waals surface area contributed by atoms with Crippen LogP contribution >= 0.6 is 0 Å². The molecule has 0 heterocycles. The van der Waals surface area contributed by atoms with Crippen LogP contribution in [-0.2, 0) is 14.2 Å². The molecule has 10 heavy (non-hydrogen) atoms. The molecule has 7 nitrogen and oxygen atoms in total. The molecule has 0 unspecified atom stereocenters. The summed E-state index contributed by atoms with van der Waals surface area (Å²) < 4.78 is 47.2. The Hall–Kier alpha value is 1.22. The van der Waals surface area contributed by atoms with E-state index in [1.807, 2.05) is 0 Å². The number of hydrogen-bond donors (Lipinski definition) is 3. The molecule has 0 atom stereocenters. The molecular formula is H7AlCaO7S. The van der Waals surface area contributed by atoms with Crippen molar-refractivity contribution in [3.63, 3.8) is 0 Å². The molecule has 0 rings (SSSR count). The maximum absolute atomic E-state index is 8.74. The van der Waals surface area contributed by atoms with Crippen molar-refractivity contribution in [2.45, 2.75) is 0 Å². The van der Waals surface area contributed by atoms with Gasteiger partial charge in [-0.05, 0) is 0 Å². The van der Waals surface area contributed by atoms with Gasteiger partial charge in [0.1, 0.15) is 0 Å². The molecule has 0 spiro atoms. The third-order valence-corrected chi connectivity index (χ3v) is 0. The molecule has 0 radical (unpaired) electrons. The SMILES string of the molecule is O.O=S(=O)(O)O.[CaH2].[O]=[Al][OH]. The van der Waals surface area contributed by atoms with Crippen molar-refractivity contribution in [1.82, 2.24) is 0 Å². The summed E-state index contributed by atoms with van der Waals surface area (Å²) in [6.07, 6.45) is 0. The quantitative estimate of drug-likeness (QED) is 0.285. The monoisotopic (exact) mass is 218 g/mol. The summed E-state index contributed by atoms with van der Waals surface area (Å²) >= 11 is -1.50. The van der Waals surface area contributed by atoms with Crippen molar-refractivity contribution < 1.29 is 31.0 Å². The van der Waals surface area contributed by atoms with Crippen LogP contribution in [0.2, 0.25) is 0 Å². The Morgan fingerprint density at radius 1 is 1.20 bits per heavy atom. The minimum absolute atomic E-state index is 0. The van der Waals surface area contributed by atoms with Crippen LogP contribution in [0.15, 0.2) is 0 Å². The van der Waals surface area contributed by atoms with Gasteiger partial charge >= 0.3 is 71.6 Å². The van der Waals surface area contributed by atoms with E-state index in [4.69, 9.17) is 25.5 Å². The summed E-state index contributed by atoms with van der Waals surface area (Å²) in [5.41, 5.74) is 0. The normalized spacial score (nSPS) is 6.60. The van der Waals surface area contributed by atoms with E-state index in [1.54, 1.807) is 0 Å². The van der Waals surface area contributed by atoms with Gasteiger partial charge in [0.15, 0.2) is 0 Å². The van der Waals surface area contributed by atoms with E-state index in [1.165, 1.54) is 0 Å². The van der Waals surface area contributed by atoms with Crippen LogP contribution in [-0.4, -0.2) is 80.4 Å². The van der Waals surface area contributed by atoms with Crippen LogP contribution in [0.25, 0.3) is 0 Å². The molecular weight excluding hydrogens is 211 g/mol. The number of hydrogen-bond acceptors (Lipinski definition) is 3. The van der Waals surface area contributed by atoms with Crippen LogP contribution in [0.1, 0.15) is 0 Å². The van der Waals surface area contributed by atoms with E-state index < -0.39 is 25.9 Å². The van der Waals surface area contributed by atoms with Gasteiger partial charge in [-0.3, -0.25) is 9.11 Å². The molecule has 0 bridgehead atoms. The minimum atomic E-state index is -4.67. The maximum atomic E-state index is 8.74. The van der Waals surface area contributed by atoms with Crippen LogP contribution in [0, 0.1) is 0 Å². The second-order valence-corrected chi connectivity index (χ2v) is 1.66. The summed E-state index contributed by atoms with van der Waals surface area (Å²) in [6, 6.07) is 0. The molecule has 0 aliphatic heterocycles. The molecule has 0 aromatic carbocycles. The third kappa shape index (κ3) is 417. The van der Waals surface area contributed by atoms with Gasteiger partial charge in [-0.15, -0.1) is 0 Å². The molecule has 5 N–H and O–H groups in total. The fraction of sp³-hybridized carbons (Fsp3) is 0. The fourth-order valence-electron chi connectivity index (χ4n) is 0. The van der Waals surface area contributed by atoms with Crippen molar-refractivity contribution in [1.29, 1.82) is 0 Å². The van der Waals surface area contributed by atoms with Crippen molar-refractivity contribution in [2.75, 3.05) is 0 Å². The van der Waals surface area contributed by atoms with Crippen molar-refractivity contribution in [3.05, 3.63) is 0 Å². The van der Waals surface area contributed by atoms with Gasteiger partial charge in [0.2, 0.25) is 0 Å². The van der Waals surface area contributed by atoms with Gasteiger partial charge < -0.3 is 5.48 Å². The van der Waals surface area contributed by atoms with E-state index in [9.17, 15) is 0 Å². The molecule has 10 heteroatoms. The molecule has 0 aromatic heterocycles. The predicted molar refractivity (Wildman–Crippen MR) is 35.0 cm³/mol. The van der Waals surface area contributed by atoms with Gasteiger partial charge in [0, 0.05) is 0 Å². The van der Waals surface area contributed by atoms with Crippen molar-refractivity contribution in [2.24, 2.45) is 0 Å². The fourth-order valence-corrected chi connectivity index (χ4v) is 0. The summed E-state index contributed by atoms with van der Waals surface area (Å²) in [5, 5.41) is 0. The first-order valence-electron chi connectivity index (χ1n) is 1.19. The van der Waals surface area contributed by atoms with E-state index >= 15 is 0 Å². The molecule has 0 fully saturated rings. The standard InChI is InChI=1S/Al.Ca.H2O4S.2H2O.O.2H/c;;1-5(2,3)4;;;;;/h;;(H2,1,2,3,4);2*1H2;;;/q+1;;;;;;;/p-1. The Morgan fingerprint density at radius 2 is 1.20 bits per heavy atom. The summed E-state index contributed by atoms with van der Waals surface area (Å²) in [6.45, 7) is 0. The zero-order valence-corrected chi connectivity index (χ0v) is 6.02. The molecule has 0 aliphatic carbocycles. The Balaban J connectivity index is -0.0000000326. The first-order chi connectivity index (χ1) is 3.41. The third-order valence-electron chi connectivity index (χ3n) is 0. The van der Waals surface area contributed by atoms with E-state index in [-0.39, 0.29) is 43.2 Å². The summed E-state index contributed by atoms with van der Waals surface area (Å²) in [4.78, 5) is 0. The second-order valence-electron chi connectivity index (χ2n) is 0.553. The van der Waals surface area contributed by atoms with Crippen LogP contribution in [0.3, 0.4) is 0 Å². The van der Waals surface area contributed by atoms with Crippen molar-refractivity contribution >= 4 is 63.6 Å². The van der Waals surface area contributed by atoms with E-state index in [0.717, 1.165) is 0 Å². The zero-order chi connectivity index (χ0) is 7.21. The van der Waals surface area contributed by atoms with Gasteiger partial charge in [0.25, 0.3) is 0 Å². The second kappa shape index (κ2) is 12.9. The first-order valence-corrected chi connectivity index (χ1v) is 3.58. The average molecular weight is 218 g/mol. The molecule has 60 valence electrons. The van der Waals surface area contributed by atoms with E-state index in [2.05, 4.69) is 0 Å². The summed E-state index contributed by atoms with van der Waals surface area (Å²) in [7, 11) is -4.67. The van der Waals surface area contributed by atoms with E-state index in [0.29, 0.717) is 0 Å². The molecule has 0 amide bonds. The molecule has 0 saturated carbocycles. The Kier molecular flexibility index (Phi) is 28.9. The van der Waals surface area contributed by atoms with Gasteiger partial charge in [-0.25, -0.2) is 0 Å². The van der Waals surface area contributed by atoms with Gasteiger partial charge in [0.05, 0.1) is 0 Å². The van der Waals surface area contributed by atoms with Gasteiger partial charge in [-0.2, -0.15) is 8.42 Å². The first kappa shape index (κ1) is 22.5. The molecule has 0 saturated heterocycles. The topological polar surface area (TPSA) is 143 Å². The zero-order valence-electron chi connectivity index (χ0n) is 4.05. The van der Waals surface area contributed by atoms with Crippen LogP contribution in [0.5, 0.6) is 0 Å². The molecule has 0 aliphatic rings. The molecule has 0 aromatic rings. The van der Waals surface area contributed by atoms with Gasteiger partial charge in [-0.1, -0.05) is 0 Å². The Labute approximate surface area is 93.6 Å². The summed E-state index contributed by atoms with van der Waals surface area (Å²) in [5.74, 6) is 0. The average Bonchev–Trinajstić information content (AvgIpc) is 1.27. The predicted octanol–water partition coefficient (Wildman–Crippen LogP) is -3.45. The van der Waals surface area contributed by atoms with Crippen LogP contribution < -0.4 is 0 Å². The van der Waals surface area contributed by atoms with Crippen LogP contribution in [0.4, 0.5) is 0 Å². The van der Waals surface area contributed by atoms with Crippen molar-refractivity contribution in [3.8, 4) is 0 Å². The Morgan fingerprint density at radius 3 is 1.20 bits per heavy atom.